The Morgan fingerprint density at radius 2 is 1.84 bits per heavy atom. The molecule has 1 aliphatic rings. The SMILES string of the molecule is CC(=O)c1ccc(OCCCC(=O)NC2CCN(Cc3ccc(Cl)c(Cl)c3)CC2)cc1C. The molecule has 32 heavy (non-hydrogen) atoms. The van der Waals surface area contributed by atoms with E-state index in [2.05, 4.69) is 10.2 Å². The summed E-state index contributed by atoms with van der Waals surface area (Å²) in [5.74, 6) is 0.841. The molecule has 0 radical (unpaired) electrons. The predicted octanol–water partition coefficient (Wildman–Crippen LogP) is 5.44. The van der Waals surface area contributed by atoms with Crippen molar-refractivity contribution in [3.63, 3.8) is 0 Å². The first-order valence-electron chi connectivity index (χ1n) is 11.0. The van der Waals surface area contributed by atoms with E-state index in [1.54, 1.807) is 19.1 Å². The lowest BCUT2D eigenvalue weighted by atomic mass is 10.0. The molecule has 2 aromatic rings. The van der Waals surface area contributed by atoms with Crippen LogP contribution in [0.1, 0.15) is 54.1 Å². The Hall–Kier alpha value is -2.08. The van der Waals surface area contributed by atoms with Gasteiger partial charge in [-0.2, -0.15) is 0 Å². The van der Waals surface area contributed by atoms with Gasteiger partial charge in [-0.3, -0.25) is 14.5 Å². The molecule has 0 aliphatic carbocycles. The van der Waals surface area contributed by atoms with E-state index in [0.29, 0.717) is 35.1 Å². The lowest BCUT2D eigenvalue weighted by Crippen LogP contribution is -2.44. The van der Waals surface area contributed by atoms with Crippen molar-refractivity contribution < 1.29 is 14.3 Å². The maximum Gasteiger partial charge on any atom is 0.220 e. The molecule has 1 heterocycles. The maximum atomic E-state index is 12.3. The summed E-state index contributed by atoms with van der Waals surface area (Å²) < 4.78 is 5.73. The van der Waals surface area contributed by atoms with Crippen molar-refractivity contribution in [1.29, 1.82) is 0 Å². The lowest BCUT2D eigenvalue weighted by Gasteiger charge is -2.32. The number of piperidine rings is 1. The van der Waals surface area contributed by atoms with Gasteiger partial charge in [-0.1, -0.05) is 29.3 Å². The number of nitrogens with zero attached hydrogens (tertiary/aromatic N) is 1. The first kappa shape index (κ1) is 24.6. The lowest BCUT2D eigenvalue weighted by molar-refractivity contribution is -0.122. The zero-order chi connectivity index (χ0) is 23.1. The van der Waals surface area contributed by atoms with E-state index >= 15 is 0 Å². The van der Waals surface area contributed by atoms with Gasteiger partial charge in [-0.05, 0) is 74.6 Å². The van der Waals surface area contributed by atoms with E-state index < -0.39 is 0 Å². The third-order valence-electron chi connectivity index (χ3n) is 5.74. The summed E-state index contributed by atoms with van der Waals surface area (Å²) in [5.41, 5.74) is 2.76. The summed E-state index contributed by atoms with van der Waals surface area (Å²) in [5, 5.41) is 4.30. The Balaban J connectivity index is 1.32. The van der Waals surface area contributed by atoms with E-state index in [9.17, 15) is 9.59 Å². The number of benzene rings is 2. The second-order valence-corrected chi connectivity index (χ2v) is 9.17. The summed E-state index contributed by atoms with van der Waals surface area (Å²) in [7, 11) is 0. The van der Waals surface area contributed by atoms with Gasteiger partial charge in [0.2, 0.25) is 5.91 Å². The van der Waals surface area contributed by atoms with Crippen molar-refractivity contribution in [3.05, 3.63) is 63.1 Å². The van der Waals surface area contributed by atoms with Gasteiger partial charge in [0, 0.05) is 37.7 Å². The zero-order valence-electron chi connectivity index (χ0n) is 18.6. The standard InChI is InChI=1S/C25H30Cl2N2O3/c1-17-14-21(6-7-22(17)18(2)30)32-13-3-4-25(31)28-20-9-11-29(12-10-20)16-19-5-8-23(26)24(27)15-19/h5-8,14-15,20H,3-4,9-13,16H2,1-2H3,(H,28,31). The minimum Gasteiger partial charge on any atom is -0.494 e. The van der Waals surface area contributed by atoms with Crippen LogP contribution in [-0.4, -0.2) is 42.3 Å². The van der Waals surface area contributed by atoms with Crippen LogP contribution in [0.2, 0.25) is 10.0 Å². The second-order valence-electron chi connectivity index (χ2n) is 8.35. The Morgan fingerprint density at radius 1 is 1.09 bits per heavy atom. The summed E-state index contributed by atoms with van der Waals surface area (Å²) in [4.78, 5) is 26.2. The Labute approximate surface area is 200 Å². The van der Waals surface area contributed by atoms with Gasteiger partial charge in [-0.25, -0.2) is 0 Å². The molecule has 2 aromatic carbocycles. The average molecular weight is 477 g/mol. The largest absolute Gasteiger partial charge is 0.494 e. The molecular formula is C25H30Cl2N2O3. The van der Waals surface area contributed by atoms with Crippen LogP contribution in [0.5, 0.6) is 5.75 Å². The number of carbonyl (C=O) groups excluding carboxylic acids is 2. The number of hydrogen-bond donors (Lipinski definition) is 1. The Morgan fingerprint density at radius 3 is 2.50 bits per heavy atom. The van der Waals surface area contributed by atoms with E-state index in [0.717, 1.165) is 49.4 Å². The first-order valence-corrected chi connectivity index (χ1v) is 11.8. The number of ketones is 1. The number of carbonyl (C=O) groups is 2. The molecule has 1 fully saturated rings. The van der Waals surface area contributed by atoms with Gasteiger partial charge in [0.15, 0.2) is 5.78 Å². The monoisotopic (exact) mass is 476 g/mol. The third-order valence-corrected chi connectivity index (χ3v) is 6.48. The fraction of sp³-hybridized carbons (Fsp3) is 0.440. The maximum absolute atomic E-state index is 12.3. The molecule has 5 nitrogen and oxygen atoms in total. The first-order chi connectivity index (χ1) is 15.3. The predicted molar refractivity (Wildman–Crippen MR) is 129 cm³/mol. The molecule has 1 aliphatic heterocycles. The number of halogens is 2. The highest BCUT2D eigenvalue weighted by Crippen LogP contribution is 2.24. The molecule has 1 amide bonds. The van der Waals surface area contributed by atoms with Crippen LogP contribution in [0.25, 0.3) is 0 Å². The average Bonchev–Trinajstić information content (AvgIpc) is 2.75. The van der Waals surface area contributed by atoms with Crippen molar-refractivity contribution in [3.8, 4) is 5.75 Å². The van der Waals surface area contributed by atoms with Gasteiger partial charge in [0.1, 0.15) is 5.75 Å². The van der Waals surface area contributed by atoms with Crippen LogP contribution in [0, 0.1) is 6.92 Å². The molecule has 1 N–H and O–H groups in total. The van der Waals surface area contributed by atoms with Crippen LogP contribution in [-0.2, 0) is 11.3 Å². The van der Waals surface area contributed by atoms with Crippen LogP contribution < -0.4 is 10.1 Å². The molecule has 172 valence electrons. The zero-order valence-corrected chi connectivity index (χ0v) is 20.1. The van der Waals surface area contributed by atoms with Crippen LogP contribution >= 0.6 is 23.2 Å². The number of likely N-dealkylation sites (tertiary alicyclic amines) is 1. The molecule has 7 heteroatoms. The third kappa shape index (κ3) is 7.22. The molecular weight excluding hydrogens is 447 g/mol. The highest BCUT2D eigenvalue weighted by atomic mass is 35.5. The fourth-order valence-corrected chi connectivity index (χ4v) is 4.30. The van der Waals surface area contributed by atoms with Crippen molar-refractivity contribution >= 4 is 34.9 Å². The van der Waals surface area contributed by atoms with Crippen molar-refractivity contribution in [1.82, 2.24) is 10.2 Å². The van der Waals surface area contributed by atoms with Gasteiger partial charge < -0.3 is 10.1 Å². The van der Waals surface area contributed by atoms with Crippen LogP contribution in [0.15, 0.2) is 36.4 Å². The van der Waals surface area contributed by atoms with Gasteiger partial charge in [-0.15, -0.1) is 0 Å². The molecule has 0 saturated carbocycles. The van der Waals surface area contributed by atoms with Crippen molar-refractivity contribution in [2.45, 2.75) is 52.1 Å². The highest BCUT2D eigenvalue weighted by Gasteiger charge is 2.20. The fourth-order valence-electron chi connectivity index (χ4n) is 3.98. The summed E-state index contributed by atoms with van der Waals surface area (Å²) in [6.07, 6.45) is 2.96. The Kier molecular flexibility index (Phi) is 8.97. The second kappa shape index (κ2) is 11.7. The topological polar surface area (TPSA) is 58.6 Å². The quantitative estimate of drug-likeness (QED) is 0.386. The number of ether oxygens (including phenoxy) is 1. The van der Waals surface area contributed by atoms with Crippen LogP contribution in [0.3, 0.4) is 0 Å². The molecule has 0 unspecified atom stereocenters. The summed E-state index contributed by atoms with van der Waals surface area (Å²) in [6, 6.07) is 11.4. The van der Waals surface area contributed by atoms with E-state index in [4.69, 9.17) is 27.9 Å². The number of nitrogens with one attached hydrogen (secondary N) is 1. The Bertz CT molecular complexity index is 956. The van der Waals surface area contributed by atoms with E-state index in [1.807, 2.05) is 31.2 Å². The van der Waals surface area contributed by atoms with Gasteiger partial charge in [0.25, 0.3) is 0 Å². The molecule has 0 spiro atoms. The molecule has 3 rings (SSSR count). The van der Waals surface area contributed by atoms with Gasteiger partial charge in [0.05, 0.1) is 16.7 Å². The van der Waals surface area contributed by atoms with E-state index in [-0.39, 0.29) is 17.7 Å². The minimum atomic E-state index is 0.0472. The molecule has 0 atom stereocenters. The van der Waals surface area contributed by atoms with E-state index in [1.165, 1.54) is 0 Å². The van der Waals surface area contributed by atoms with Crippen LogP contribution in [0.4, 0.5) is 0 Å². The highest BCUT2D eigenvalue weighted by molar-refractivity contribution is 6.42. The molecule has 1 saturated heterocycles. The number of amides is 1. The normalized spacial score (nSPS) is 14.9. The number of rotatable bonds is 9. The van der Waals surface area contributed by atoms with Crippen molar-refractivity contribution in [2.24, 2.45) is 0 Å². The molecule has 0 aromatic heterocycles. The number of Topliss-reactive ketones (excluding diaryl/α,β-unsaturated/α-hetero) is 1. The van der Waals surface area contributed by atoms with Gasteiger partial charge >= 0.3 is 0 Å². The number of aryl methyl sites for hydroxylation is 1. The minimum absolute atomic E-state index is 0.0472. The van der Waals surface area contributed by atoms with Crippen molar-refractivity contribution in [2.75, 3.05) is 19.7 Å². The smallest absolute Gasteiger partial charge is 0.220 e. The summed E-state index contributed by atoms with van der Waals surface area (Å²) >= 11 is 12.1. The number of hydrogen-bond acceptors (Lipinski definition) is 4. The summed E-state index contributed by atoms with van der Waals surface area (Å²) in [6.45, 7) is 6.62. The molecule has 0 bridgehead atoms.